The summed E-state index contributed by atoms with van der Waals surface area (Å²) in [6.07, 6.45) is 6.16. The summed E-state index contributed by atoms with van der Waals surface area (Å²) >= 11 is 0. The van der Waals surface area contributed by atoms with Crippen LogP contribution >= 0.6 is 0 Å². The van der Waals surface area contributed by atoms with Crippen LogP contribution in [0.1, 0.15) is 49.0 Å². The SMILES string of the molecule is CCCCCOC(=O)c1ccc(NC(=O)/C=C/c2ccccc2OCC)cc1. The lowest BCUT2D eigenvalue weighted by Gasteiger charge is -2.07. The molecule has 0 aliphatic heterocycles. The minimum Gasteiger partial charge on any atom is -0.493 e. The van der Waals surface area contributed by atoms with Crippen molar-refractivity contribution in [3.05, 3.63) is 65.7 Å². The van der Waals surface area contributed by atoms with E-state index in [0.717, 1.165) is 30.6 Å². The van der Waals surface area contributed by atoms with Crippen LogP contribution in [0.2, 0.25) is 0 Å². The Bertz CT molecular complexity index is 797. The van der Waals surface area contributed by atoms with E-state index in [0.29, 0.717) is 24.5 Å². The number of amides is 1. The van der Waals surface area contributed by atoms with E-state index in [1.165, 1.54) is 6.08 Å². The molecule has 2 aromatic carbocycles. The highest BCUT2D eigenvalue weighted by Gasteiger charge is 2.07. The van der Waals surface area contributed by atoms with Crippen LogP contribution in [-0.2, 0) is 9.53 Å². The molecule has 0 aromatic heterocycles. The number of esters is 1. The third kappa shape index (κ3) is 6.91. The van der Waals surface area contributed by atoms with Crippen LogP contribution in [0.25, 0.3) is 6.08 Å². The monoisotopic (exact) mass is 381 g/mol. The zero-order valence-corrected chi connectivity index (χ0v) is 16.4. The molecule has 0 unspecified atom stereocenters. The normalized spacial score (nSPS) is 10.6. The Balaban J connectivity index is 1.89. The van der Waals surface area contributed by atoms with Crippen LogP contribution in [0.15, 0.2) is 54.6 Å². The fourth-order valence-corrected chi connectivity index (χ4v) is 2.54. The summed E-state index contributed by atoms with van der Waals surface area (Å²) in [4.78, 5) is 24.1. The number of hydrogen-bond acceptors (Lipinski definition) is 4. The maximum Gasteiger partial charge on any atom is 0.338 e. The van der Waals surface area contributed by atoms with Crippen molar-refractivity contribution < 1.29 is 19.1 Å². The van der Waals surface area contributed by atoms with E-state index in [1.54, 1.807) is 30.3 Å². The van der Waals surface area contributed by atoms with Crippen molar-refractivity contribution in [3.8, 4) is 5.75 Å². The van der Waals surface area contributed by atoms with Crippen LogP contribution in [0.3, 0.4) is 0 Å². The van der Waals surface area contributed by atoms with Crippen molar-refractivity contribution in [1.82, 2.24) is 0 Å². The predicted octanol–water partition coefficient (Wildman–Crippen LogP) is 5.08. The molecule has 2 rings (SSSR count). The van der Waals surface area contributed by atoms with Gasteiger partial charge in [-0.2, -0.15) is 0 Å². The van der Waals surface area contributed by atoms with Crippen LogP contribution in [-0.4, -0.2) is 25.1 Å². The number of carbonyl (C=O) groups is 2. The number of para-hydroxylation sites is 1. The van der Waals surface area contributed by atoms with Crippen molar-refractivity contribution in [3.63, 3.8) is 0 Å². The van der Waals surface area contributed by atoms with Gasteiger partial charge in [0.25, 0.3) is 0 Å². The maximum absolute atomic E-state index is 12.1. The molecule has 0 fully saturated rings. The maximum atomic E-state index is 12.1. The summed E-state index contributed by atoms with van der Waals surface area (Å²) in [5, 5.41) is 2.77. The quantitative estimate of drug-likeness (QED) is 0.354. The molecule has 0 aliphatic rings. The Morgan fingerprint density at radius 3 is 2.46 bits per heavy atom. The van der Waals surface area contributed by atoms with E-state index in [9.17, 15) is 9.59 Å². The largest absolute Gasteiger partial charge is 0.493 e. The highest BCUT2D eigenvalue weighted by Crippen LogP contribution is 2.19. The van der Waals surface area contributed by atoms with E-state index in [2.05, 4.69) is 12.2 Å². The predicted molar refractivity (Wildman–Crippen MR) is 112 cm³/mol. The molecule has 1 amide bonds. The van der Waals surface area contributed by atoms with Crippen molar-refractivity contribution >= 4 is 23.6 Å². The Morgan fingerprint density at radius 2 is 1.75 bits per heavy atom. The first-order valence-corrected chi connectivity index (χ1v) is 9.62. The molecule has 0 saturated carbocycles. The molecule has 2 aromatic rings. The highest BCUT2D eigenvalue weighted by molar-refractivity contribution is 6.02. The standard InChI is InChI=1S/C23H27NO4/c1-3-5-8-17-28-23(26)19-11-14-20(15-12-19)24-22(25)16-13-18-9-6-7-10-21(18)27-4-2/h6-7,9-16H,3-5,8,17H2,1-2H3,(H,24,25)/b16-13+. The first kappa shape index (κ1) is 21.2. The van der Waals surface area contributed by atoms with E-state index < -0.39 is 0 Å². The summed E-state index contributed by atoms with van der Waals surface area (Å²) in [5.41, 5.74) is 1.91. The molecule has 0 saturated heterocycles. The topological polar surface area (TPSA) is 64.6 Å². The fraction of sp³-hybridized carbons (Fsp3) is 0.304. The van der Waals surface area contributed by atoms with Crippen LogP contribution < -0.4 is 10.1 Å². The Labute approximate surface area is 166 Å². The lowest BCUT2D eigenvalue weighted by atomic mass is 10.2. The van der Waals surface area contributed by atoms with Gasteiger partial charge in [-0.05, 0) is 49.8 Å². The van der Waals surface area contributed by atoms with Crippen LogP contribution in [0.5, 0.6) is 5.75 Å². The van der Waals surface area contributed by atoms with Gasteiger partial charge in [-0.25, -0.2) is 4.79 Å². The number of ether oxygens (including phenoxy) is 2. The third-order valence-electron chi connectivity index (χ3n) is 4.00. The van der Waals surface area contributed by atoms with Gasteiger partial charge in [-0.15, -0.1) is 0 Å². The first-order chi connectivity index (χ1) is 13.6. The van der Waals surface area contributed by atoms with Crippen molar-refractivity contribution in [2.75, 3.05) is 18.5 Å². The second kappa shape index (κ2) is 11.6. The zero-order valence-electron chi connectivity index (χ0n) is 16.4. The minimum atomic E-state index is -0.346. The fourth-order valence-electron chi connectivity index (χ4n) is 2.54. The van der Waals surface area contributed by atoms with E-state index in [1.807, 2.05) is 31.2 Å². The Kier molecular flexibility index (Phi) is 8.79. The molecule has 0 radical (unpaired) electrons. The molecule has 0 aliphatic carbocycles. The van der Waals surface area contributed by atoms with Crippen molar-refractivity contribution in [2.24, 2.45) is 0 Å². The summed E-state index contributed by atoms with van der Waals surface area (Å²) < 4.78 is 10.8. The average molecular weight is 381 g/mol. The molecule has 5 nitrogen and oxygen atoms in total. The smallest absolute Gasteiger partial charge is 0.338 e. The number of anilines is 1. The van der Waals surface area contributed by atoms with Crippen molar-refractivity contribution in [1.29, 1.82) is 0 Å². The van der Waals surface area contributed by atoms with Gasteiger partial charge < -0.3 is 14.8 Å². The molecule has 0 heterocycles. The lowest BCUT2D eigenvalue weighted by molar-refractivity contribution is -0.111. The van der Waals surface area contributed by atoms with Gasteiger partial charge in [0.15, 0.2) is 0 Å². The first-order valence-electron chi connectivity index (χ1n) is 9.62. The molecule has 0 atom stereocenters. The summed E-state index contributed by atoms with van der Waals surface area (Å²) in [7, 11) is 0. The summed E-state index contributed by atoms with van der Waals surface area (Å²) in [6, 6.07) is 14.2. The molecule has 0 spiro atoms. The molecular formula is C23H27NO4. The summed E-state index contributed by atoms with van der Waals surface area (Å²) in [6.45, 7) is 5.00. The summed E-state index contributed by atoms with van der Waals surface area (Å²) in [5.74, 6) is 0.124. The van der Waals surface area contributed by atoms with Gasteiger partial charge in [0.2, 0.25) is 5.91 Å². The molecule has 148 valence electrons. The number of carbonyl (C=O) groups excluding carboxylic acids is 2. The van der Waals surface area contributed by atoms with Gasteiger partial charge in [0, 0.05) is 17.3 Å². The van der Waals surface area contributed by atoms with Gasteiger partial charge in [0.1, 0.15) is 5.75 Å². The third-order valence-corrected chi connectivity index (χ3v) is 4.00. The zero-order chi connectivity index (χ0) is 20.2. The number of unbranched alkanes of at least 4 members (excludes halogenated alkanes) is 2. The van der Waals surface area contributed by atoms with Gasteiger partial charge in [-0.1, -0.05) is 38.0 Å². The van der Waals surface area contributed by atoms with Crippen molar-refractivity contribution in [2.45, 2.75) is 33.1 Å². The highest BCUT2D eigenvalue weighted by atomic mass is 16.5. The molecule has 28 heavy (non-hydrogen) atoms. The molecule has 1 N–H and O–H groups in total. The molecule has 5 heteroatoms. The minimum absolute atomic E-state index is 0.263. The second-order valence-corrected chi connectivity index (χ2v) is 6.21. The number of benzene rings is 2. The second-order valence-electron chi connectivity index (χ2n) is 6.21. The average Bonchev–Trinajstić information content (AvgIpc) is 2.71. The lowest BCUT2D eigenvalue weighted by Crippen LogP contribution is -2.09. The Morgan fingerprint density at radius 1 is 1.00 bits per heavy atom. The number of nitrogens with one attached hydrogen (secondary N) is 1. The van der Waals surface area contributed by atoms with Gasteiger partial charge in [-0.3, -0.25) is 4.79 Å². The van der Waals surface area contributed by atoms with Gasteiger partial charge in [0.05, 0.1) is 18.8 Å². The molecule has 0 bridgehead atoms. The Hall–Kier alpha value is -3.08. The molecular weight excluding hydrogens is 354 g/mol. The van der Waals surface area contributed by atoms with Gasteiger partial charge >= 0.3 is 5.97 Å². The number of rotatable bonds is 10. The van der Waals surface area contributed by atoms with Crippen LogP contribution in [0.4, 0.5) is 5.69 Å². The number of hydrogen-bond donors (Lipinski definition) is 1. The van der Waals surface area contributed by atoms with E-state index >= 15 is 0 Å². The van der Waals surface area contributed by atoms with Crippen LogP contribution in [0, 0.1) is 0 Å². The van der Waals surface area contributed by atoms with E-state index in [-0.39, 0.29) is 11.9 Å². The van der Waals surface area contributed by atoms with E-state index in [4.69, 9.17) is 9.47 Å².